The van der Waals surface area contributed by atoms with Crippen LogP contribution in [-0.2, 0) is 22.6 Å². The number of ether oxygens (including phenoxy) is 1. The molecule has 0 aromatic heterocycles. The second kappa shape index (κ2) is 7.47. The Labute approximate surface area is 128 Å². The molecular weight excluding hydrogens is 286 g/mol. The number of nitriles is 1. The zero-order valence-electron chi connectivity index (χ0n) is 11.4. The Bertz CT molecular complexity index is 642. The molecule has 2 aromatic carbocycles. The molecule has 0 heterocycles. The molecule has 0 saturated heterocycles. The highest BCUT2D eigenvalue weighted by Gasteiger charge is 2.04. The third-order valence-electron chi connectivity index (χ3n) is 3.01. The van der Waals surface area contributed by atoms with Crippen LogP contribution in [0.2, 0.25) is 5.02 Å². The largest absolute Gasteiger partial charge is 0.461 e. The standard InChI is InChI=1S/C17H14ClNO2/c18-16-8-5-13(6-9-16)7-10-17(20)21-12-15-3-1-14(11-19)2-4-15/h1-6,8-9H,7,10,12H2. The average Bonchev–Trinajstić information content (AvgIpc) is 2.53. The van der Waals surface area contributed by atoms with Gasteiger partial charge in [0.2, 0.25) is 0 Å². The van der Waals surface area contributed by atoms with Gasteiger partial charge in [-0.1, -0.05) is 35.9 Å². The summed E-state index contributed by atoms with van der Waals surface area (Å²) in [5.41, 5.74) is 2.51. The fourth-order valence-electron chi connectivity index (χ4n) is 1.81. The maximum absolute atomic E-state index is 11.7. The lowest BCUT2D eigenvalue weighted by molar-refractivity contribution is -0.144. The fourth-order valence-corrected chi connectivity index (χ4v) is 1.93. The molecule has 0 spiro atoms. The first-order chi connectivity index (χ1) is 10.2. The molecule has 4 heteroatoms. The van der Waals surface area contributed by atoms with E-state index in [9.17, 15) is 4.79 Å². The predicted molar refractivity (Wildman–Crippen MR) is 80.7 cm³/mol. The number of hydrogen-bond acceptors (Lipinski definition) is 3. The molecule has 2 rings (SSSR count). The Balaban J connectivity index is 1.76. The third-order valence-corrected chi connectivity index (χ3v) is 3.27. The van der Waals surface area contributed by atoms with Gasteiger partial charge in [-0.15, -0.1) is 0 Å². The first-order valence-electron chi connectivity index (χ1n) is 6.56. The van der Waals surface area contributed by atoms with Crippen molar-refractivity contribution in [3.05, 3.63) is 70.2 Å². The van der Waals surface area contributed by atoms with Crippen LogP contribution in [0, 0.1) is 11.3 Å². The molecule has 0 unspecified atom stereocenters. The van der Waals surface area contributed by atoms with Crippen LogP contribution in [0.5, 0.6) is 0 Å². The molecule has 0 N–H and O–H groups in total. The normalized spacial score (nSPS) is 9.90. The Hall–Kier alpha value is -2.31. The lowest BCUT2D eigenvalue weighted by Crippen LogP contribution is -2.05. The number of esters is 1. The number of carbonyl (C=O) groups is 1. The molecule has 0 amide bonds. The number of halogens is 1. The number of hydrogen-bond donors (Lipinski definition) is 0. The highest BCUT2D eigenvalue weighted by atomic mass is 35.5. The minimum Gasteiger partial charge on any atom is -0.461 e. The average molecular weight is 300 g/mol. The van der Waals surface area contributed by atoms with Crippen molar-refractivity contribution in [3.8, 4) is 6.07 Å². The Morgan fingerprint density at radius 1 is 1.05 bits per heavy atom. The van der Waals surface area contributed by atoms with Crippen molar-refractivity contribution in [2.45, 2.75) is 19.4 Å². The van der Waals surface area contributed by atoms with E-state index >= 15 is 0 Å². The molecule has 0 aliphatic rings. The highest BCUT2D eigenvalue weighted by molar-refractivity contribution is 6.30. The second-order valence-electron chi connectivity index (χ2n) is 4.60. The topological polar surface area (TPSA) is 50.1 Å². The summed E-state index contributed by atoms with van der Waals surface area (Å²) in [6.45, 7) is 0.227. The number of aryl methyl sites for hydroxylation is 1. The Morgan fingerprint density at radius 2 is 1.67 bits per heavy atom. The van der Waals surface area contributed by atoms with Gasteiger partial charge in [0.15, 0.2) is 0 Å². The molecule has 0 atom stereocenters. The summed E-state index contributed by atoms with van der Waals surface area (Å²) in [6.07, 6.45) is 0.960. The van der Waals surface area contributed by atoms with Gasteiger partial charge in [-0.2, -0.15) is 5.26 Å². The molecular formula is C17H14ClNO2. The lowest BCUT2D eigenvalue weighted by atomic mass is 10.1. The maximum Gasteiger partial charge on any atom is 0.306 e. The van der Waals surface area contributed by atoms with Crippen LogP contribution in [0.3, 0.4) is 0 Å². The van der Waals surface area contributed by atoms with Crippen LogP contribution in [0.15, 0.2) is 48.5 Å². The van der Waals surface area contributed by atoms with Crippen LogP contribution in [0.1, 0.15) is 23.1 Å². The van der Waals surface area contributed by atoms with Gasteiger partial charge in [-0.25, -0.2) is 0 Å². The van der Waals surface area contributed by atoms with Crippen LogP contribution in [0.25, 0.3) is 0 Å². The summed E-state index contributed by atoms with van der Waals surface area (Å²) in [5, 5.41) is 9.38. The molecule has 0 aliphatic heterocycles. The van der Waals surface area contributed by atoms with E-state index in [0.29, 0.717) is 23.4 Å². The van der Waals surface area contributed by atoms with E-state index < -0.39 is 0 Å². The maximum atomic E-state index is 11.7. The van der Waals surface area contributed by atoms with Gasteiger partial charge in [0.25, 0.3) is 0 Å². The number of benzene rings is 2. The van der Waals surface area contributed by atoms with Gasteiger partial charge in [-0.3, -0.25) is 4.79 Å². The van der Waals surface area contributed by atoms with Crippen molar-refractivity contribution in [1.82, 2.24) is 0 Å². The SMILES string of the molecule is N#Cc1ccc(COC(=O)CCc2ccc(Cl)cc2)cc1. The Kier molecular flexibility index (Phi) is 5.36. The third kappa shape index (κ3) is 4.94. The zero-order chi connectivity index (χ0) is 15.1. The van der Waals surface area contributed by atoms with E-state index in [-0.39, 0.29) is 12.6 Å². The van der Waals surface area contributed by atoms with Gasteiger partial charge in [0.05, 0.1) is 11.6 Å². The molecule has 0 fully saturated rings. The summed E-state index contributed by atoms with van der Waals surface area (Å²) in [6, 6.07) is 16.4. The zero-order valence-corrected chi connectivity index (χ0v) is 12.1. The van der Waals surface area contributed by atoms with Crippen LogP contribution >= 0.6 is 11.6 Å². The van der Waals surface area contributed by atoms with Crippen LogP contribution < -0.4 is 0 Å². The fraction of sp³-hybridized carbons (Fsp3) is 0.176. The summed E-state index contributed by atoms with van der Waals surface area (Å²) < 4.78 is 5.20. The highest BCUT2D eigenvalue weighted by Crippen LogP contribution is 2.11. The van der Waals surface area contributed by atoms with Crippen LogP contribution in [-0.4, -0.2) is 5.97 Å². The van der Waals surface area contributed by atoms with E-state index in [0.717, 1.165) is 11.1 Å². The monoisotopic (exact) mass is 299 g/mol. The lowest BCUT2D eigenvalue weighted by Gasteiger charge is -2.05. The van der Waals surface area contributed by atoms with E-state index in [1.165, 1.54) is 0 Å². The molecule has 106 valence electrons. The molecule has 0 bridgehead atoms. The second-order valence-corrected chi connectivity index (χ2v) is 5.03. The van der Waals surface area contributed by atoms with Crippen molar-refractivity contribution in [1.29, 1.82) is 5.26 Å². The molecule has 2 aromatic rings. The van der Waals surface area contributed by atoms with Gasteiger partial charge in [0.1, 0.15) is 6.61 Å². The van der Waals surface area contributed by atoms with E-state index in [1.54, 1.807) is 36.4 Å². The minimum atomic E-state index is -0.241. The molecule has 0 aliphatic carbocycles. The molecule has 0 radical (unpaired) electrons. The van der Waals surface area contributed by atoms with E-state index in [1.807, 2.05) is 18.2 Å². The van der Waals surface area contributed by atoms with Gasteiger partial charge in [-0.05, 0) is 41.8 Å². The Morgan fingerprint density at radius 3 is 2.29 bits per heavy atom. The van der Waals surface area contributed by atoms with Crippen molar-refractivity contribution in [3.63, 3.8) is 0 Å². The first kappa shape index (κ1) is 15.1. The summed E-state index contributed by atoms with van der Waals surface area (Å²) in [7, 11) is 0. The number of rotatable bonds is 5. The summed E-state index contributed by atoms with van der Waals surface area (Å²) in [5.74, 6) is -0.241. The van der Waals surface area contributed by atoms with E-state index in [2.05, 4.69) is 0 Å². The summed E-state index contributed by atoms with van der Waals surface area (Å²) >= 11 is 5.80. The van der Waals surface area contributed by atoms with E-state index in [4.69, 9.17) is 21.6 Å². The van der Waals surface area contributed by atoms with Gasteiger partial charge < -0.3 is 4.74 Å². The van der Waals surface area contributed by atoms with Crippen molar-refractivity contribution < 1.29 is 9.53 Å². The first-order valence-corrected chi connectivity index (χ1v) is 6.94. The molecule has 21 heavy (non-hydrogen) atoms. The molecule has 0 saturated carbocycles. The van der Waals surface area contributed by atoms with Crippen molar-refractivity contribution in [2.75, 3.05) is 0 Å². The smallest absolute Gasteiger partial charge is 0.306 e. The van der Waals surface area contributed by atoms with Crippen molar-refractivity contribution >= 4 is 17.6 Å². The number of carbonyl (C=O) groups excluding carboxylic acids is 1. The summed E-state index contributed by atoms with van der Waals surface area (Å²) in [4.78, 5) is 11.7. The number of nitrogens with zero attached hydrogens (tertiary/aromatic N) is 1. The van der Waals surface area contributed by atoms with Gasteiger partial charge >= 0.3 is 5.97 Å². The van der Waals surface area contributed by atoms with Crippen molar-refractivity contribution in [2.24, 2.45) is 0 Å². The molecule has 3 nitrogen and oxygen atoms in total. The quantitative estimate of drug-likeness (QED) is 0.787. The van der Waals surface area contributed by atoms with Gasteiger partial charge in [0, 0.05) is 11.4 Å². The minimum absolute atomic E-state index is 0.227. The predicted octanol–water partition coefficient (Wildman–Crippen LogP) is 3.89. The van der Waals surface area contributed by atoms with Crippen LogP contribution in [0.4, 0.5) is 0 Å².